The fraction of sp³-hybridized carbons (Fsp3) is 0.125. The Kier molecular flexibility index (Phi) is 7.43. The van der Waals surface area contributed by atoms with Crippen LogP contribution in [0.3, 0.4) is 0 Å². The maximum absolute atomic E-state index is 11.7. The highest BCUT2D eigenvalue weighted by Crippen LogP contribution is 2.28. The molecule has 7 heteroatoms. The lowest BCUT2D eigenvalue weighted by atomic mass is 10.2. The Labute approximate surface area is 157 Å². The van der Waals surface area contributed by atoms with Crippen molar-refractivity contribution in [1.82, 2.24) is 5.43 Å². The van der Waals surface area contributed by atoms with E-state index in [4.69, 9.17) is 23.2 Å². The summed E-state index contributed by atoms with van der Waals surface area (Å²) >= 11 is 17.0. The Morgan fingerprint density at radius 1 is 1.22 bits per heavy atom. The quantitative estimate of drug-likeness (QED) is 0.508. The molecular formula is C16H13BrCl2N2OS. The van der Waals surface area contributed by atoms with Crippen LogP contribution in [0, 0.1) is 0 Å². The molecule has 120 valence electrons. The third-order valence-corrected chi connectivity index (χ3v) is 4.95. The number of carbonyl (C=O) groups excluding carboxylic acids is 1. The number of nitrogens with zero attached hydrogens (tertiary/aromatic N) is 1. The van der Waals surface area contributed by atoms with Gasteiger partial charge in [-0.2, -0.15) is 5.10 Å². The van der Waals surface area contributed by atoms with E-state index in [0.29, 0.717) is 15.8 Å². The number of halogens is 3. The van der Waals surface area contributed by atoms with Crippen molar-refractivity contribution < 1.29 is 4.79 Å². The average Bonchev–Trinajstić information content (AvgIpc) is 2.50. The lowest BCUT2D eigenvalue weighted by molar-refractivity contribution is -0.118. The van der Waals surface area contributed by atoms with Crippen molar-refractivity contribution in [2.75, 3.05) is 5.75 Å². The number of thioether (sulfide) groups is 1. The van der Waals surface area contributed by atoms with Crippen LogP contribution in [0.5, 0.6) is 0 Å². The molecule has 2 aromatic rings. The number of benzene rings is 2. The van der Waals surface area contributed by atoms with Crippen molar-refractivity contribution >= 4 is 63.0 Å². The van der Waals surface area contributed by atoms with Gasteiger partial charge in [0.15, 0.2) is 0 Å². The number of rotatable bonds is 6. The molecule has 0 aliphatic carbocycles. The second-order valence-electron chi connectivity index (χ2n) is 4.54. The van der Waals surface area contributed by atoms with Crippen LogP contribution >= 0.6 is 50.9 Å². The largest absolute Gasteiger partial charge is 0.272 e. The Hall–Kier alpha value is -1.01. The SMILES string of the molecule is O=C(CSCc1c(Cl)cccc1Cl)N/N=C\c1cccc(Br)c1. The molecule has 0 heterocycles. The molecule has 2 rings (SSSR count). The molecular weight excluding hydrogens is 419 g/mol. The van der Waals surface area contributed by atoms with E-state index < -0.39 is 0 Å². The molecule has 1 amide bonds. The fourth-order valence-electron chi connectivity index (χ4n) is 1.71. The van der Waals surface area contributed by atoms with E-state index >= 15 is 0 Å². The average molecular weight is 432 g/mol. The molecule has 0 atom stereocenters. The van der Waals surface area contributed by atoms with Gasteiger partial charge in [-0.1, -0.05) is 57.3 Å². The second-order valence-corrected chi connectivity index (χ2v) is 7.26. The first kappa shape index (κ1) is 18.3. The van der Waals surface area contributed by atoms with Gasteiger partial charge in [0.05, 0.1) is 12.0 Å². The first-order valence-electron chi connectivity index (χ1n) is 6.64. The Balaban J connectivity index is 1.77. The van der Waals surface area contributed by atoms with Crippen LogP contribution in [-0.4, -0.2) is 17.9 Å². The fourth-order valence-corrected chi connectivity index (χ4v) is 3.69. The van der Waals surface area contributed by atoms with Gasteiger partial charge in [-0.05, 0) is 35.4 Å². The van der Waals surface area contributed by atoms with E-state index in [2.05, 4.69) is 26.5 Å². The lowest BCUT2D eigenvalue weighted by Gasteiger charge is -2.06. The molecule has 0 saturated heterocycles. The van der Waals surface area contributed by atoms with Gasteiger partial charge in [0.25, 0.3) is 0 Å². The third kappa shape index (κ3) is 6.18. The molecule has 0 bridgehead atoms. The zero-order valence-corrected chi connectivity index (χ0v) is 15.8. The van der Waals surface area contributed by atoms with Crippen molar-refractivity contribution in [3.63, 3.8) is 0 Å². The van der Waals surface area contributed by atoms with Gasteiger partial charge in [0.1, 0.15) is 0 Å². The van der Waals surface area contributed by atoms with Gasteiger partial charge in [-0.3, -0.25) is 4.79 Å². The zero-order valence-electron chi connectivity index (χ0n) is 11.9. The molecule has 3 nitrogen and oxygen atoms in total. The minimum Gasteiger partial charge on any atom is -0.272 e. The molecule has 0 spiro atoms. The Morgan fingerprint density at radius 2 is 1.91 bits per heavy atom. The third-order valence-electron chi connectivity index (χ3n) is 2.79. The van der Waals surface area contributed by atoms with Crippen LogP contribution in [0.4, 0.5) is 0 Å². The van der Waals surface area contributed by atoms with Crippen molar-refractivity contribution in [2.24, 2.45) is 5.10 Å². The first-order chi connectivity index (χ1) is 11.1. The number of carbonyl (C=O) groups is 1. The summed E-state index contributed by atoms with van der Waals surface area (Å²) in [5.41, 5.74) is 4.23. The highest BCUT2D eigenvalue weighted by atomic mass is 79.9. The first-order valence-corrected chi connectivity index (χ1v) is 9.35. The van der Waals surface area contributed by atoms with Crippen molar-refractivity contribution in [1.29, 1.82) is 0 Å². The predicted octanol–water partition coefficient (Wildman–Crippen LogP) is 5.14. The van der Waals surface area contributed by atoms with E-state index in [1.54, 1.807) is 24.4 Å². The standard InChI is InChI=1S/C16H13BrCl2N2OS/c17-12-4-1-3-11(7-12)8-20-21-16(22)10-23-9-13-14(18)5-2-6-15(13)19/h1-8H,9-10H2,(H,21,22)/b20-8-. The summed E-state index contributed by atoms with van der Waals surface area (Å²) in [6.07, 6.45) is 1.60. The van der Waals surface area contributed by atoms with E-state index in [9.17, 15) is 4.79 Å². The smallest absolute Gasteiger partial charge is 0.250 e. The highest BCUT2D eigenvalue weighted by molar-refractivity contribution is 9.10. The van der Waals surface area contributed by atoms with Gasteiger partial charge in [-0.15, -0.1) is 11.8 Å². The molecule has 0 aliphatic heterocycles. The number of hydrazone groups is 1. The van der Waals surface area contributed by atoms with Gasteiger partial charge in [0, 0.05) is 20.3 Å². The summed E-state index contributed by atoms with van der Waals surface area (Å²) < 4.78 is 0.958. The lowest BCUT2D eigenvalue weighted by Crippen LogP contribution is -2.19. The van der Waals surface area contributed by atoms with Crippen LogP contribution < -0.4 is 5.43 Å². The number of nitrogens with one attached hydrogen (secondary N) is 1. The van der Waals surface area contributed by atoms with Crippen molar-refractivity contribution in [3.8, 4) is 0 Å². The maximum Gasteiger partial charge on any atom is 0.250 e. The molecule has 2 aromatic carbocycles. The van der Waals surface area contributed by atoms with Crippen LogP contribution in [0.2, 0.25) is 10.0 Å². The Bertz CT molecular complexity index is 705. The molecule has 0 fully saturated rings. The summed E-state index contributed by atoms with van der Waals surface area (Å²) in [7, 11) is 0. The minimum absolute atomic E-state index is 0.176. The van der Waals surface area contributed by atoms with E-state index in [1.165, 1.54) is 11.8 Å². The molecule has 0 aromatic heterocycles. The zero-order chi connectivity index (χ0) is 16.7. The van der Waals surface area contributed by atoms with Gasteiger partial charge in [0.2, 0.25) is 5.91 Å². The topological polar surface area (TPSA) is 41.5 Å². The monoisotopic (exact) mass is 430 g/mol. The molecule has 23 heavy (non-hydrogen) atoms. The van der Waals surface area contributed by atoms with Gasteiger partial charge < -0.3 is 0 Å². The number of hydrogen-bond acceptors (Lipinski definition) is 3. The Morgan fingerprint density at radius 3 is 2.61 bits per heavy atom. The van der Waals surface area contributed by atoms with Crippen LogP contribution in [0.1, 0.15) is 11.1 Å². The summed E-state index contributed by atoms with van der Waals surface area (Å²) in [5, 5.41) is 5.15. The number of hydrogen-bond donors (Lipinski definition) is 1. The predicted molar refractivity (Wildman–Crippen MR) is 103 cm³/mol. The van der Waals surface area contributed by atoms with Gasteiger partial charge in [-0.25, -0.2) is 5.43 Å². The van der Waals surface area contributed by atoms with Crippen LogP contribution in [-0.2, 0) is 10.5 Å². The van der Waals surface area contributed by atoms with E-state index in [0.717, 1.165) is 15.6 Å². The normalized spacial score (nSPS) is 10.9. The summed E-state index contributed by atoms with van der Waals surface area (Å²) in [5.74, 6) is 0.669. The highest BCUT2D eigenvalue weighted by Gasteiger charge is 2.07. The summed E-state index contributed by atoms with van der Waals surface area (Å²) in [4.78, 5) is 11.7. The van der Waals surface area contributed by atoms with Crippen LogP contribution in [0.15, 0.2) is 52.0 Å². The maximum atomic E-state index is 11.7. The molecule has 1 N–H and O–H groups in total. The van der Waals surface area contributed by atoms with Crippen molar-refractivity contribution in [2.45, 2.75) is 5.75 Å². The summed E-state index contributed by atoms with van der Waals surface area (Å²) in [6, 6.07) is 13.0. The van der Waals surface area contributed by atoms with E-state index in [1.807, 2.05) is 24.3 Å². The second kappa shape index (κ2) is 9.33. The minimum atomic E-state index is -0.176. The van der Waals surface area contributed by atoms with Crippen LogP contribution in [0.25, 0.3) is 0 Å². The van der Waals surface area contributed by atoms with Crippen molar-refractivity contribution in [3.05, 3.63) is 68.1 Å². The molecule has 0 unspecified atom stereocenters. The molecule has 0 saturated carbocycles. The van der Waals surface area contributed by atoms with E-state index in [-0.39, 0.29) is 11.7 Å². The van der Waals surface area contributed by atoms with Gasteiger partial charge >= 0.3 is 0 Å². The number of amides is 1. The molecule has 0 aliphatic rings. The summed E-state index contributed by atoms with van der Waals surface area (Å²) in [6.45, 7) is 0. The molecule has 0 radical (unpaired) electrons.